The summed E-state index contributed by atoms with van der Waals surface area (Å²) in [6.07, 6.45) is 1.70. The summed E-state index contributed by atoms with van der Waals surface area (Å²) in [5, 5.41) is 10.1. The first-order chi connectivity index (χ1) is 17.9. The predicted octanol–water partition coefficient (Wildman–Crippen LogP) is 2.93. The maximum atomic E-state index is 13.5. The summed E-state index contributed by atoms with van der Waals surface area (Å²) in [5.41, 5.74) is 5.16. The highest BCUT2D eigenvalue weighted by atomic mass is 35.5. The smallest absolute Gasteiger partial charge is 0.242 e. The zero-order valence-electron chi connectivity index (χ0n) is 22.5. The molecule has 1 aromatic heterocycles. The van der Waals surface area contributed by atoms with Gasteiger partial charge in [0.1, 0.15) is 0 Å². The molecule has 204 valence electrons. The lowest BCUT2D eigenvalue weighted by atomic mass is 10.1. The van der Waals surface area contributed by atoms with Crippen molar-refractivity contribution in [1.82, 2.24) is 25.7 Å². The van der Waals surface area contributed by atoms with E-state index >= 15 is 0 Å². The highest BCUT2D eigenvalue weighted by Crippen LogP contribution is 2.27. The Morgan fingerprint density at radius 2 is 1.76 bits per heavy atom. The van der Waals surface area contributed by atoms with Gasteiger partial charge < -0.3 is 25.0 Å². The Hall–Kier alpha value is -3.43. The fraction of sp³-hybridized carbons (Fsp3) is 0.429. The van der Waals surface area contributed by atoms with E-state index in [0.717, 1.165) is 36.2 Å². The van der Waals surface area contributed by atoms with Crippen LogP contribution in [-0.4, -0.2) is 72.7 Å². The van der Waals surface area contributed by atoms with Gasteiger partial charge in [-0.05, 0) is 61.2 Å². The Balaban J connectivity index is 0.00000400. The van der Waals surface area contributed by atoms with E-state index in [1.165, 1.54) is 11.1 Å². The van der Waals surface area contributed by atoms with Crippen molar-refractivity contribution in [2.45, 2.75) is 39.7 Å². The molecule has 0 unspecified atom stereocenters. The van der Waals surface area contributed by atoms with Crippen LogP contribution in [0, 0.1) is 13.8 Å². The van der Waals surface area contributed by atoms with Crippen LogP contribution in [0.2, 0.25) is 0 Å². The number of nitrogens with one attached hydrogen (secondary N) is 2. The van der Waals surface area contributed by atoms with Crippen molar-refractivity contribution in [2.24, 2.45) is 0 Å². The second kappa shape index (κ2) is 13.4. The number of likely N-dealkylation sites (N-methyl/N-ethyl adjacent to an activating group) is 2. The van der Waals surface area contributed by atoms with E-state index in [2.05, 4.69) is 32.9 Å². The summed E-state index contributed by atoms with van der Waals surface area (Å²) in [6.45, 7) is 8.00. The van der Waals surface area contributed by atoms with Crippen molar-refractivity contribution in [3.05, 3.63) is 65.0 Å². The van der Waals surface area contributed by atoms with E-state index in [4.69, 9.17) is 4.52 Å². The van der Waals surface area contributed by atoms with Crippen LogP contribution in [0.5, 0.6) is 0 Å². The summed E-state index contributed by atoms with van der Waals surface area (Å²) in [6, 6.07) is 14.2. The fourth-order valence-electron chi connectivity index (χ4n) is 4.78. The number of hydrogen-bond acceptors (Lipinski definition) is 7. The molecule has 0 radical (unpaired) electrons. The second-order valence-electron chi connectivity index (χ2n) is 9.53. The Morgan fingerprint density at radius 1 is 1.05 bits per heavy atom. The molecule has 9 nitrogen and oxygen atoms in total. The Bertz CT molecular complexity index is 1220. The molecule has 0 saturated heterocycles. The van der Waals surface area contributed by atoms with Crippen molar-refractivity contribution in [2.75, 3.05) is 44.7 Å². The first kappa shape index (κ1) is 29.1. The lowest BCUT2D eigenvalue weighted by Gasteiger charge is -2.30. The number of fused-ring (bicyclic) bond motifs is 1. The van der Waals surface area contributed by atoms with Crippen molar-refractivity contribution < 1.29 is 14.1 Å². The van der Waals surface area contributed by atoms with E-state index in [0.29, 0.717) is 24.8 Å². The summed E-state index contributed by atoms with van der Waals surface area (Å²) >= 11 is 0. The average molecular weight is 541 g/mol. The van der Waals surface area contributed by atoms with Crippen molar-refractivity contribution in [3.63, 3.8) is 0 Å². The van der Waals surface area contributed by atoms with Gasteiger partial charge in [0.05, 0.1) is 13.1 Å². The molecule has 1 aliphatic carbocycles. The topological polar surface area (TPSA) is 104 Å². The molecule has 0 spiro atoms. The van der Waals surface area contributed by atoms with Gasteiger partial charge in [-0.1, -0.05) is 36.3 Å². The molecule has 1 aliphatic rings. The third-order valence-electron chi connectivity index (χ3n) is 6.83. The average Bonchev–Trinajstić information content (AvgIpc) is 3.52. The zero-order valence-corrected chi connectivity index (χ0v) is 23.3. The highest BCUT2D eigenvalue weighted by molar-refractivity contribution is 5.87. The number of amides is 2. The number of halogens is 1. The second-order valence-corrected chi connectivity index (χ2v) is 9.53. The maximum Gasteiger partial charge on any atom is 0.242 e. The third kappa shape index (κ3) is 7.11. The molecule has 2 amide bonds. The molecule has 3 aromatic rings. The Morgan fingerprint density at radius 3 is 2.37 bits per heavy atom. The highest BCUT2D eigenvalue weighted by Gasteiger charge is 2.29. The van der Waals surface area contributed by atoms with Gasteiger partial charge in [0.15, 0.2) is 0 Å². The SMILES string of the molecule is CCNCCNC(=O)CN(CC(=O)N(C)C1Cc2ccccc2C1)c1ccc(-c2noc(C)n2)cc1C.Cl. The minimum absolute atomic E-state index is 0. The molecule has 4 rings (SSSR count). The summed E-state index contributed by atoms with van der Waals surface area (Å²) in [4.78, 5) is 34.3. The molecule has 0 saturated carbocycles. The van der Waals surface area contributed by atoms with Crippen LogP contribution < -0.4 is 15.5 Å². The number of carbonyl (C=O) groups excluding carboxylic acids is 2. The number of rotatable bonds is 11. The number of anilines is 1. The van der Waals surface area contributed by atoms with Gasteiger partial charge in [-0.2, -0.15) is 4.98 Å². The number of carbonyl (C=O) groups is 2. The number of aryl methyl sites for hydroxylation is 2. The third-order valence-corrected chi connectivity index (χ3v) is 6.83. The van der Waals surface area contributed by atoms with Crippen LogP contribution in [0.25, 0.3) is 11.4 Å². The van der Waals surface area contributed by atoms with Crippen LogP contribution in [0.4, 0.5) is 5.69 Å². The van der Waals surface area contributed by atoms with Crippen molar-refractivity contribution in [3.8, 4) is 11.4 Å². The van der Waals surface area contributed by atoms with E-state index < -0.39 is 0 Å². The molecule has 1 heterocycles. The summed E-state index contributed by atoms with van der Waals surface area (Å²) < 4.78 is 5.12. The number of hydrogen-bond donors (Lipinski definition) is 2. The van der Waals surface area contributed by atoms with Crippen molar-refractivity contribution in [1.29, 1.82) is 0 Å². The summed E-state index contributed by atoms with van der Waals surface area (Å²) in [7, 11) is 1.86. The molecular formula is C28H37ClN6O3. The molecule has 0 aliphatic heterocycles. The van der Waals surface area contributed by atoms with E-state index in [1.807, 2.05) is 61.0 Å². The number of aromatic nitrogens is 2. The normalized spacial score (nSPS) is 12.5. The largest absolute Gasteiger partial charge is 0.353 e. The first-order valence-corrected chi connectivity index (χ1v) is 12.8. The van der Waals surface area contributed by atoms with Crippen LogP contribution in [0.3, 0.4) is 0 Å². The predicted molar refractivity (Wildman–Crippen MR) is 151 cm³/mol. The molecule has 2 aromatic carbocycles. The lowest BCUT2D eigenvalue weighted by Crippen LogP contribution is -2.47. The van der Waals surface area contributed by atoms with Crippen LogP contribution in [-0.2, 0) is 22.4 Å². The molecule has 0 atom stereocenters. The van der Waals surface area contributed by atoms with Crippen LogP contribution in [0.1, 0.15) is 29.5 Å². The molecular weight excluding hydrogens is 504 g/mol. The molecule has 0 bridgehead atoms. The quantitative estimate of drug-likeness (QED) is 0.360. The maximum absolute atomic E-state index is 13.5. The minimum Gasteiger partial charge on any atom is -0.353 e. The molecule has 0 fully saturated rings. The van der Waals surface area contributed by atoms with E-state index in [1.54, 1.807) is 6.92 Å². The summed E-state index contributed by atoms with van der Waals surface area (Å²) in [5.74, 6) is 0.862. The van der Waals surface area contributed by atoms with Gasteiger partial charge in [-0.25, -0.2) is 0 Å². The molecule has 2 N–H and O–H groups in total. The molecule has 38 heavy (non-hydrogen) atoms. The lowest BCUT2D eigenvalue weighted by molar-refractivity contribution is -0.130. The van der Waals surface area contributed by atoms with Gasteiger partial charge in [0.2, 0.25) is 23.5 Å². The van der Waals surface area contributed by atoms with E-state index in [-0.39, 0.29) is 43.4 Å². The standard InChI is InChI=1S/C28H36N6O3.ClH/c1-5-29-12-13-30-26(35)17-34(25-11-10-23(14-19(25)2)28-31-20(3)37-32-28)18-27(36)33(4)24-15-21-8-6-7-9-22(21)16-24;/h6-11,14,24,29H,5,12-13,15-18H2,1-4H3,(H,30,35);1H. The monoisotopic (exact) mass is 540 g/mol. The Labute approximate surface area is 230 Å². The van der Waals surface area contributed by atoms with E-state index in [9.17, 15) is 9.59 Å². The van der Waals surface area contributed by atoms with Gasteiger partial charge in [-0.15, -0.1) is 12.4 Å². The van der Waals surface area contributed by atoms with Crippen LogP contribution in [0.15, 0.2) is 47.0 Å². The van der Waals surface area contributed by atoms with Crippen molar-refractivity contribution >= 4 is 29.9 Å². The fourth-order valence-corrected chi connectivity index (χ4v) is 4.78. The zero-order chi connectivity index (χ0) is 26.4. The first-order valence-electron chi connectivity index (χ1n) is 12.8. The van der Waals surface area contributed by atoms with Crippen LogP contribution >= 0.6 is 12.4 Å². The van der Waals surface area contributed by atoms with Gasteiger partial charge in [-0.3, -0.25) is 9.59 Å². The minimum atomic E-state index is -0.126. The van der Waals surface area contributed by atoms with Gasteiger partial charge in [0.25, 0.3) is 0 Å². The number of nitrogens with zero attached hydrogens (tertiary/aromatic N) is 4. The van der Waals surface area contributed by atoms with Gasteiger partial charge >= 0.3 is 0 Å². The molecule has 10 heteroatoms. The van der Waals surface area contributed by atoms with Gasteiger partial charge in [0, 0.05) is 44.4 Å². The Kier molecular flexibility index (Phi) is 10.3. The number of benzene rings is 2.